The molecule has 21 heavy (non-hydrogen) atoms. The summed E-state index contributed by atoms with van der Waals surface area (Å²) in [6.07, 6.45) is 0. The topological polar surface area (TPSA) is 59.6 Å². The molecule has 0 unspecified atom stereocenters. The minimum absolute atomic E-state index is 0.00601. The van der Waals surface area contributed by atoms with Crippen LogP contribution in [0.5, 0.6) is 0 Å². The van der Waals surface area contributed by atoms with Crippen LogP contribution in [0.25, 0.3) is 10.9 Å². The quantitative estimate of drug-likeness (QED) is 0.866. The Bertz CT molecular complexity index is 660. The number of hydrogen-bond acceptors (Lipinski definition) is 4. The molecule has 0 saturated carbocycles. The number of piperazine rings is 1. The lowest BCUT2D eigenvalue weighted by Gasteiger charge is -2.34. The Kier molecular flexibility index (Phi) is 4.34. The number of β-amino-alcohol motifs (C(OH)–C–C–N with tert-alkyl or cyclic N) is 1. The monoisotopic (exact) mass is 287 g/mol. The van der Waals surface area contributed by atoms with E-state index in [1.807, 2.05) is 30.3 Å². The van der Waals surface area contributed by atoms with Gasteiger partial charge in [-0.05, 0) is 17.5 Å². The van der Waals surface area contributed by atoms with Crippen molar-refractivity contribution in [2.45, 2.75) is 6.54 Å². The van der Waals surface area contributed by atoms with Crippen LogP contribution in [0.4, 0.5) is 0 Å². The van der Waals surface area contributed by atoms with Crippen LogP contribution in [-0.4, -0.2) is 59.2 Å². The van der Waals surface area contributed by atoms with E-state index in [0.717, 1.165) is 49.2 Å². The number of rotatable bonds is 4. The molecule has 2 N–H and O–H groups in total. The van der Waals surface area contributed by atoms with Crippen molar-refractivity contribution in [3.63, 3.8) is 0 Å². The van der Waals surface area contributed by atoms with E-state index < -0.39 is 0 Å². The summed E-state index contributed by atoms with van der Waals surface area (Å²) in [6, 6.07) is 9.85. The third-order valence-electron chi connectivity index (χ3n) is 4.11. The fourth-order valence-electron chi connectivity index (χ4n) is 2.86. The SMILES string of the molecule is O=c1[nH]c2ccccc2cc1CN1CCN(CCO)CC1. The molecule has 1 aromatic carbocycles. The van der Waals surface area contributed by atoms with Crippen LogP contribution in [0.15, 0.2) is 35.1 Å². The zero-order valence-electron chi connectivity index (χ0n) is 12.1. The van der Waals surface area contributed by atoms with E-state index in [0.29, 0.717) is 6.54 Å². The van der Waals surface area contributed by atoms with E-state index in [4.69, 9.17) is 5.11 Å². The van der Waals surface area contributed by atoms with E-state index >= 15 is 0 Å². The number of aliphatic hydroxyl groups is 1. The Morgan fingerprint density at radius 3 is 2.57 bits per heavy atom. The average molecular weight is 287 g/mol. The number of aromatic nitrogens is 1. The first-order valence-corrected chi connectivity index (χ1v) is 7.43. The second-order valence-electron chi connectivity index (χ2n) is 5.55. The summed E-state index contributed by atoms with van der Waals surface area (Å²) in [6.45, 7) is 5.42. The summed E-state index contributed by atoms with van der Waals surface area (Å²) in [5, 5.41) is 10.0. The Balaban J connectivity index is 1.71. The first-order valence-electron chi connectivity index (χ1n) is 7.43. The molecule has 3 rings (SSSR count). The Labute approximate surface area is 123 Å². The lowest BCUT2D eigenvalue weighted by Crippen LogP contribution is -2.47. The summed E-state index contributed by atoms with van der Waals surface area (Å²) < 4.78 is 0. The highest BCUT2D eigenvalue weighted by Crippen LogP contribution is 2.12. The van der Waals surface area contributed by atoms with Gasteiger partial charge in [0.25, 0.3) is 5.56 Å². The molecule has 1 saturated heterocycles. The van der Waals surface area contributed by atoms with Crippen LogP contribution < -0.4 is 5.56 Å². The maximum Gasteiger partial charge on any atom is 0.252 e. The number of aromatic amines is 1. The minimum atomic E-state index is 0.00601. The number of benzene rings is 1. The van der Waals surface area contributed by atoms with Crippen LogP contribution in [0.1, 0.15) is 5.56 Å². The summed E-state index contributed by atoms with van der Waals surface area (Å²) in [7, 11) is 0. The third-order valence-corrected chi connectivity index (χ3v) is 4.11. The highest BCUT2D eigenvalue weighted by atomic mass is 16.3. The van der Waals surface area contributed by atoms with Crippen LogP contribution in [0.2, 0.25) is 0 Å². The van der Waals surface area contributed by atoms with Gasteiger partial charge in [0, 0.05) is 50.3 Å². The van der Waals surface area contributed by atoms with Gasteiger partial charge in [-0.15, -0.1) is 0 Å². The second kappa shape index (κ2) is 6.39. The Morgan fingerprint density at radius 1 is 1.10 bits per heavy atom. The smallest absolute Gasteiger partial charge is 0.252 e. The maximum absolute atomic E-state index is 12.1. The zero-order valence-corrected chi connectivity index (χ0v) is 12.1. The van der Waals surface area contributed by atoms with Crippen LogP contribution >= 0.6 is 0 Å². The standard InChI is InChI=1S/C16H21N3O2/c20-10-9-18-5-7-19(8-6-18)12-14-11-13-3-1-2-4-15(13)17-16(14)21/h1-4,11,20H,5-10,12H2,(H,17,21). The molecule has 0 amide bonds. The number of nitrogens with one attached hydrogen (secondary N) is 1. The maximum atomic E-state index is 12.1. The molecule has 0 radical (unpaired) electrons. The van der Waals surface area contributed by atoms with Crippen molar-refractivity contribution in [1.29, 1.82) is 0 Å². The molecule has 0 aliphatic carbocycles. The van der Waals surface area contributed by atoms with E-state index in [1.165, 1.54) is 0 Å². The molecule has 0 spiro atoms. The largest absolute Gasteiger partial charge is 0.395 e. The molecule has 112 valence electrons. The second-order valence-corrected chi connectivity index (χ2v) is 5.55. The summed E-state index contributed by atoms with van der Waals surface area (Å²) >= 11 is 0. The zero-order chi connectivity index (χ0) is 14.7. The first kappa shape index (κ1) is 14.3. The van der Waals surface area contributed by atoms with E-state index in [-0.39, 0.29) is 12.2 Å². The van der Waals surface area contributed by atoms with E-state index in [9.17, 15) is 4.79 Å². The van der Waals surface area contributed by atoms with E-state index in [2.05, 4.69) is 14.8 Å². The molecule has 1 aromatic heterocycles. The van der Waals surface area contributed by atoms with Gasteiger partial charge in [-0.2, -0.15) is 0 Å². The predicted octanol–water partition coefficient (Wildman–Crippen LogP) is 0.638. The first-order chi connectivity index (χ1) is 10.3. The number of hydrogen-bond donors (Lipinski definition) is 2. The number of H-pyrrole nitrogens is 1. The van der Waals surface area contributed by atoms with Gasteiger partial charge in [-0.25, -0.2) is 0 Å². The molecule has 0 atom stereocenters. The van der Waals surface area contributed by atoms with Gasteiger partial charge in [0.1, 0.15) is 0 Å². The van der Waals surface area contributed by atoms with Crippen LogP contribution in [0, 0.1) is 0 Å². The molecule has 5 heteroatoms. The van der Waals surface area contributed by atoms with Crippen molar-refractivity contribution in [2.75, 3.05) is 39.3 Å². The minimum Gasteiger partial charge on any atom is -0.395 e. The van der Waals surface area contributed by atoms with E-state index in [1.54, 1.807) is 0 Å². The van der Waals surface area contributed by atoms with Crippen LogP contribution in [0.3, 0.4) is 0 Å². The van der Waals surface area contributed by atoms with Gasteiger partial charge in [0.15, 0.2) is 0 Å². The van der Waals surface area contributed by atoms with Gasteiger partial charge in [0.2, 0.25) is 0 Å². The van der Waals surface area contributed by atoms with Crippen LogP contribution in [-0.2, 0) is 6.54 Å². The number of pyridine rings is 1. The lowest BCUT2D eigenvalue weighted by atomic mass is 10.1. The molecule has 1 fully saturated rings. The van der Waals surface area contributed by atoms with Gasteiger partial charge < -0.3 is 10.1 Å². The molecule has 1 aliphatic rings. The van der Waals surface area contributed by atoms with Crippen molar-refractivity contribution in [2.24, 2.45) is 0 Å². The number of aliphatic hydroxyl groups excluding tert-OH is 1. The Hall–Kier alpha value is -1.69. The van der Waals surface area contributed by atoms with Crippen molar-refractivity contribution in [1.82, 2.24) is 14.8 Å². The highest BCUT2D eigenvalue weighted by Gasteiger charge is 2.17. The molecule has 1 aliphatic heterocycles. The Morgan fingerprint density at radius 2 is 1.81 bits per heavy atom. The third kappa shape index (κ3) is 3.32. The molecule has 0 bridgehead atoms. The number of para-hydroxylation sites is 1. The van der Waals surface area contributed by atoms with Gasteiger partial charge in [-0.1, -0.05) is 18.2 Å². The van der Waals surface area contributed by atoms with Gasteiger partial charge >= 0.3 is 0 Å². The molecule has 5 nitrogen and oxygen atoms in total. The summed E-state index contributed by atoms with van der Waals surface area (Å²) in [5.74, 6) is 0. The fourth-order valence-corrected chi connectivity index (χ4v) is 2.86. The highest BCUT2D eigenvalue weighted by molar-refractivity contribution is 5.78. The summed E-state index contributed by atoms with van der Waals surface area (Å²) in [5.41, 5.74) is 1.72. The van der Waals surface area contributed by atoms with Gasteiger partial charge in [-0.3, -0.25) is 14.6 Å². The van der Waals surface area contributed by atoms with Crippen molar-refractivity contribution in [3.05, 3.63) is 46.2 Å². The normalized spacial score (nSPS) is 17.4. The van der Waals surface area contributed by atoms with Crippen molar-refractivity contribution < 1.29 is 5.11 Å². The van der Waals surface area contributed by atoms with Gasteiger partial charge in [0.05, 0.1) is 6.61 Å². The molecular weight excluding hydrogens is 266 g/mol. The molecular formula is C16H21N3O2. The number of fused-ring (bicyclic) bond motifs is 1. The number of nitrogens with zero attached hydrogens (tertiary/aromatic N) is 2. The lowest BCUT2D eigenvalue weighted by molar-refractivity contribution is 0.108. The van der Waals surface area contributed by atoms with Crippen molar-refractivity contribution >= 4 is 10.9 Å². The predicted molar refractivity (Wildman–Crippen MR) is 83.4 cm³/mol. The fraction of sp³-hybridized carbons (Fsp3) is 0.438. The van der Waals surface area contributed by atoms with Crippen molar-refractivity contribution in [3.8, 4) is 0 Å². The molecule has 2 aromatic rings. The average Bonchev–Trinajstić information content (AvgIpc) is 2.50. The molecule has 2 heterocycles. The summed E-state index contributed by atoms with van der Waals surface area (Å²) in [4.78, 5) is 19.6.